The number of aromatic nitrogens is 1. The Kier molecular flexibility index (Phi) is 6.85. The van der Waals surface area contributed by atoms with Crippen LogP contribution < -0.4 is 9.64 Å². The first-order chi connectivity index (χ1) is 17.7. The van der Waals surface area contributed by atoms with Gasteiger partial charge in [0.15, 0.2) is 5.75 Å². The largest absolute Gasteiger partial charge is 0.489 e. The van der Waals surface area contributed by atoms with Gasteiger partial charge in [0.05, 0.1) is 11.7 Å². The molecule has 8 nitrogen and oxygen atoms in total. The fourth-order valence-corrected chi connectivity index (χ4v) is 5.70. The van der Waals surface area contributed by atoms with Crippen molar-refractivity contribution >= 4 is 29.2 Å². The Morgan fingerprint density at radius 2 is 1.92 bits per heavy atom. The van der Waals surface area contributed by atoms with Crippen LogP contribution in [0.5, 0.6) is 5.75 Å². The fourth-order valence-electron chi connectivity index (χ4n) is 5.41. The van der Waals surface area contributed by atoms with Crippen LogP contribution >= 0.6 is 11.6 Å². The highest BCUT2D eigenvalue weighted by Crippen LogP contribution is 2.44. The molecule has 3 atom stereocenters. The number of carbonyl (C=O) groups is 2. The molecule has 2 aromatic rings. The van der Waals surface area contributed by atoms with Gasteiger partial charge in [0, 0.05) is 50.4 Å². The highest BCUT2D eigenvalue weighted by molar-refractivity contribution is 6.35. The minimum atomic E-state index is -0.460. The van der Waals surface area contributed by atoms with Crippen LogP contribution in [0.2, 0.25) is 5.02 Å². The second kappa shape index (κ2) is 9.95. The van der Waals surface area contributed by atoms with Crippen LogP contribution in [0.3, 0.4) is 0 Å². The second-order valence-corrected chi connectivity index (χ2v) is 10.4. The maximum atomic E-state index is 14.9. The van der Waals surface area contributed by atoms with Gasteiger partial charge in [-0.15, -0.1) is 0 Å². The van der Waals surface area contributed by atoms with Crippen LogP contribution in [0.4, 0.5) is 10.2 Å². The topological polar surface area (TPSA) is 69.2 Å². The summed E-state index contributed by atoms with van der Waals surface area (Å²) in [5.41, 5.74) is 0.773. The molecule has 0 spiro atoms. The van der Waals surface area contributed by atoms with Gasteiger partial charge in [0.2, 0.25) is 5.91 Å². The number of hydrogen-bond acceptors (Lipinski definition) is 6. The molecule has 3 aliphatic heterocycles. The van der Waals surface area contributed by atoms with E-state index >= 15 is 0 Å². The third-order valence-corrected chi connectivity index (χ3v) is 7.99. The highest BCUT2D eigenvalue weighted by atomic mass is 35.5. The number of nitrogens with zero attached hydrogens (tertiary/aromatic N) is 5. The monoisotopic (exact) mass is 527 g/mol. The van der Waals surface area contributed by atoms with E-state index in [0.717, 1.165) is 6.54 Å². The van der Waals surface area contributed by atoms with Gasteiger partial charge in [-0.25, -0.2) is 9.37 Å². The third-order valence-electron chi connectivity index (χ3n) is 7.64. The van der Waals surface area contributed by atoms with Gasteiger partial charge in [-0.3, -0.25) is 14.5 Å². The fraction of sp³-hybridized carbons (Fsp3) is 0.444. The number of ether oxygens (including phenoxy) is 1. The zero-order valence-corrected chi connectivity index (χ0v) is 22.0. The predicted octanol–water partition coefficient (Wildman–Crippen LogP) is 3.30. The molecule has 10 heteroatoms. The molecule has 0 radical (unpaired) electrons. The van der Waals surface area contributed by atoms with Crippen molar-refractivity contribution in [3.8, 4) is 17.0 Å². The van der Waals surface area contributed by atoms with Crippen molar-refractivity contribution in [3.05, 3.63) is 53.3 Å². The first kappa shape index (κ1) is 25.5. The van der Waals surface area contributed by atoms with E-state index in [2.05, 4.69) is 37.3 Å². The van der Waals surface area contributed by atoms with Crippen LogP contribution in [0.1, 0.15) is 24.2 Å². The molecule has 5 rings (SSSR count). The van der Waals surface area contributed by atoms with Crippen LogP contribution in [0.15, 0.2) is 36.9 Å². The van der Waals surface area contributed by atoms with E-state index in [1.54, 1.807) is 28.0 Å². The molecular weight excluding hydrogens is 497 g/mol. The molecule has 0 saturated carbocycles. The van der Waals surface area contributed by atoms with Crippen LogP contribution in [-0.4, -0.2) is 96.0 Å². The van der Waals surface area contributed by atoms with Crippen molar-refractivity contribution in [2.24, 2.45) is 0 Å². The van der Waals surface area contributed by atoms with Gasteiger partial charge in [0.1, 0.15) is 28.8 Å². The van der Waals surface area contributed by atoms with Gasteiger partial charge < -0.3 is 19.4 Å². The first-order valence-corrected chi connectivity index (χ1v) is 12.9. The van der Waals surface area contributed by atoms with Crippen molar-refractivity contribution in [2.45, 2.75) is 32.0 Å². The van der Waals surface area contributed by atoms with Gasteiger partial charge in [-0.1, -0.05) is 30.3 Å². The number of halogens is 2. The lowest BCUT2D eigenvalue weighted by molar-refractivity contribution is -0.128. The molecule has 0 bridgehead atoms. The second-order valence-electron chi connectivity index (χ2n) is 10.0. The summed E-state index contributed by atoms with van der Waals surface area (Å²) in [5.74, 6) is -0.230. The van der Waals surface area contributed by atoms with E-state index in [1.807, 2.05) is 0 Å². The molecular formula is C27H31ClFN5O3. The van der Waals surface area contributed by atoms with Crippen molar-refractivity contribution in [3.63, 3.8) is 0 Å². The van der Waals surface area contributed by atoms with Crippen molar-refractivity contribution in [1.82, 2.24) is 19.7 Å². The summed E-state index contributed by atoms with van der Waals surface area (Å²) in [4.78, 5) is 39.0. The Morgan fingerprint density at radius 1 is 1.16 bits per heavy atom. The summed E-state index contributed by atoms with van der Waals surface area (Å²) in [6.45, 7) is 10.4. The number of rotatable bonds is 3. The quantitative estimate of drug-likeness (QED) is 0.571. The molecule has 0 unspecified atom stereocenters. The number of pyridine rings is 1. The predicted molar refractivity (Wildman–Crippen MR) is 141 cm³/mol. The molecule has 0 N–H and O–H groups in total. The standard InChI is InChI=1S/C27H31ClFN5O3/c1-5-21(35)32-10-11-33-18(14-32)15-37-25-22(27(33)36)26(34-13-16(2)31(4)12-17(34)3)30-24(23(25)28)19-8-6-7-9-20(19)29/h5-9,16-18H,1,10-15H2,2-4H3/t16-,17-,18+/m0/s1. The molecule has 2 saturated heterocycles. The summed E-state index contributed by atoms with van der Waals surface area (Å²) in [6.07, 6.45) is 1.28. The summed E-state index contributed by atoms with van der Waals surface area (Å²) >= 11 is 6.84. The summed E-state index contributed by atoms with van der Waals surface area (Å²) < 4.78 is 21.2. The molecule has 0 aliphatic carbocycles. The van der Waals surface area contributed by atoms with Gasteiger partial charge >= 0.3 is 0 Å². The average Bonchev–Trinajstić information content (AvgIpc) is 3.03. The number of anilines is 1. The van der Waals surface area contributed by atoms with Crippen molar-refractivity contribution in [2.75, 3.05) is 51.3 Å². The van der Waals surface area contributed by atoms with Gasteiger partial charge in [0.25, 0.3) is 5.91 Å². The van der Waals surface area contributed by atoms with E-state index < -0.39 is 5.82 Å². The Morgan fingerprint density at radius 3 is 2.65 bits per heavy atom. The number of piperazine rings is 2. The number of benzene rings is 1. The molecule has 37 heavy (non-hydrogen) atoms. The highest BCUT2D eigenvalue weighted by Gasteiger charge is 2.42. The zero-order chi connectivity index (χ0) is 26.4. The van der Waals surface area contributed by atoms with E-state index in [9.17, 15) is 14.0 Å². The SMILES string of the molecule is C=CC(=O)N1CCN2C(=O)c3c(N4C[C@H](C)N(C)C[C@@H]4C)nc(-c4ccccc4F)c(Cl)c3OC[C@H]2C1. The number of hydrogen-bond donors (Lipinski definition) is 0. The Balaban J connectivity index is 1.66. The molecule has 1 aromatic heterocycles. The third kappa shape index (κ3) is 4.44. The Hall–Kier alpha value is -3.17. The van der Waals surface area contributed by atoms with Gasteiger partial charge in [-0.05, 0) is 39.1 Å². The van der Waals surface area contributed by atoms with E-state index in [0.29, 0.717) is 37.6 Å². The van der Waals surface area contributed by atoms with E-state index in [4.69, 9.17) is 21.3 Å². The number of amides is 2. The van der Waals surface area contributed by atoms with E-state index in [-0.39, 0.29) is 58.6 Å². The molecule has 2 amide bonds. The minimum Gasteiger partial charge on any atom is -0.489 e. The normalized spacial score (nSPS) is 24.2. The summed E-state index contributed by atoms with van der Waals surface area (Å²) in [7, 11) is 2.07. The lowest BCUT2D eigenvalue weighted by atomic mass is 10.0. The Bertz CT molecular complexity index is 1260. The average molecular weight is 528 g/mol. The maximum absolute atomic E-state index is 14.9. The number of carbonyl (C=O) groups excluding carboxylic acids is 2. The lowest BCUT2D eigenvalue weighted by Gasteiger charge is -2.44. The van der Waals surface area contributed by atoms with Crippen LogP contribution in [0, 0.1) is 5.82 Å². The summed E-state index contributed by atoms with van der Waals surface area (Å²) in [6, 6.07) is 6.20. The minimum absolute atomic E-state index is 0.0429. The van der Waals surface area contributed by atoms with Crippen molar-refractivity contribution in [1.29, 1.82) is 0 Å². The molecule has 2 fully saturated rings. The molecule has 3 aliphatic rings. The first-order valence-electron chi connectivity index (χ1n) is 12.5. The zero-order valence-electron chi connectivity index (χ0n) is 21.3. The number of fused-ring (bicyclic) bond motifs is 2. The van der Waals surface area contributed by atoms with E-state index in [1.165, 1.54) is 12.1 Å². The lowest BCUT2D eigenvalue weighted by Crippen LogP contribution is -2.58. The number of likely N-dealkylation sites (N-methyl/N-ethyl adjacent to an activating group) is 1. The molecule has 4 heterocycles. The van der Waals surface area contributed by atoms with Crippen molar-refractivity contribution < 1.29 is 18.7 Å². The molecule has 1 aromatic carbocycles. The maximum Gasteiger partial charge on any atom is 0.261 e. The molecule has 196 valence electrons. The Labute approximate surface area is 221 Å². The smallest absolute Gasteiger partial charge is 0.261 e. The van der Waals surface area contributed by atoms with Crippen LogP contribution in [0.25, 0.3) is 11.3 Å². The van der Waals surface area contributed by atoms with Crippen LogP contribution in [-0.2, 0) is 4.79 Å². The van der Waals surface area contributed by atoms with Gasteiger partial charge in [-0.2, -0.15) is 0 Å². The summed E-state index contributed by atoms with van der Waals surface area (Å²) in [5, 5.41) is 0.103.